The van der Waals surface area contributed by atoms with Gasteiger partial charge in [-0.25, -0.2) is 4.79 Å². The van der Waals surface area contributed by atoms with Gasteiger partial charge in [-0.15, -0.1) is 0 Å². The minimum absolute atomic E-state index is 0.355. The molecule has 17 heavy (non-hydrogen) atoms. The molecule has 0 unspecified atom stereocenters. The van der Waals surface area contributed by atoms with Gasteiger partial charge in [0.15, 0.2) is 5.58 Å². The number of benzene rings is 1. The lowest BCUT2D eigenvalue weighted by Gasteiger charge is -2.08. The van der Waals surface area contributed by atoms with Crippen LogP contribution < -0.4 is 5.32 Å². The van der Waals surface area contributed by atoms with E-state index in [0.29, 0.717) is 22.6 Å². The van der Waals surface area contributed by atoms with Crippen LogP contribution in [-0.2, 0) is 4.74 Å². The fraction of sp³-hybridized carbons (Fsp3) is 0.462. The topological polar surface area (TPSA) is 51.5 Å². The van der Waals surface area contributed by atoms with Crippen LogP contribution in [0.15, 0.2) is 16.5 Å². The lowest BCUT2D eigenvalue weighted by molar-refractivity contribution is 0.0603. The summed E-state index contributed by atoms with van der Waals surface area (Å²) in [5.74, 6) is 0.267. The maximum absolute atomic E-state index is 11.6. The first kappa shape index (κ1) is 11.8. The molecule has 0 aromatic carbocycles. The van der Waals surface area contributed by atoms with E-state index in [1.54, 1.807) is 6.07 Å². The van der Waals surface area contributed by atoms with Gasteiger partial charge in [-0.05, 0) is 24.5 Å². The van der Waals surface area contributed by atoms with Gasteiger partial charge in [0.05, 0.1) is 12.8 Å². The molecule has 0 atom stereocenters. The molecule has 0 saturated carbocycles. The maximum Gasteiger partial charge on any atom is 0.343 e. The van der Waals surface area contributed by atoms with Crippen molar-refractivity contribution in [1.29, 1.82) is 0 Å². The van der Waals surface area contributed by atoms with Crippen LogP contribution in [-0.4, -0.2) is 19.6 Å². The summed E-state index contributed by atoms with van der Waals surface area (Å²) in [7, 11) is 1.38. The van der Waals surface area contributed by atoms with Gasteiger partial charge in [-0.2, -0.15) is 0 Å². The van der Waals surface area contributed by atoms with Crippen LogP contribution in [0.5, 0.6) is 0 Å². The van der Waals surface area contributed by atoms with Crippen molar-refractivity contribution < 1.29 is 13.9 Å². The summed E-state index contributed by atoms with van der Waals surface area (Å²) in [5.41, 5.74) is 2.56. The van der Waals surface area contributed by atoms with Crippen LogP contribution in [0.2, 0.25) is 0 Å². The average molecular weight is 235 g/mol. The van der Waals surface area contributed by atoms with Gasteiger partial charge in [0.1, 0.15) is 11.1 Å². The van der Waals surface area contributed by atoms with Crippen molar-refractivity contribution in [2.45, 2.75) is 20.3 Å². The molecule has 0 radical (unpaired) electrons. The van der Waals surface area contributed by atoms with E-state index >= 15 is 0 Å². The number of carbonyl (C=O) groups excluding carboxylic acids is 1. The predicted octanol–water partition coefficient (Wildman–Crippen LogP) is 3.12. The minimum Gasteiger partial charge on any atom is -0.465 e. The van der Waals surface area contributed by atoms with Gasteiger partial charge in [0, 0.05) is 6.54 Å². The number of methoxy groups -OCH3 is 1. The van der Waals surface area contributed by atoms with Gasteiger partial charge < -0.3 is 14.5 Å². The number of esters is 1. The number of fused-ring (bicyclic) bond motifs is 2. The first-order chi connectivity index (χ1) is 8.13. The fourth-order valence-corrected chi connectivity index (χ4v) is 1.82. The summed E-state index contributed by atoms with van der Waals surface area (Å²) in [4.78, 5) is 11.6. The van der Waals surface area contributed by atoms with Crippen molar-refractivity contribution in [1.82, 2.24) is 0 Å². The van der Waals surface area contributed by atoms with Gasteiger partial charge in [-0.3, -0.25) is 0 Å². The Bertz CT molecular complexity index is 501. The number of hydrogen-bond donors (Lipinski definition) is 1. The molecule has 0 spiro atoms. The molecule has 92 valence electrons. The molecule has 1 N–H and O–H groups in total. The van der Waals surface area contributed by atoms with E-state index < -0.39 is 0 Å². The van der Waals surface area contributed by atoms with Crippen molar-refractivity contribution in [3.05, 3.63) is 17.7 Å². The van der Waals surface area contributed by atoms with Crippen LogP contribution >= 0.6 is 0 Å². The predicted molar refractivity (Wildman–Crippen MR) is 66.7 cm³/mol. The Morgan fingerprint density at radius 3 is 2.76 bits per heavy atom. The summed E-state index contributed by atoms with van der Waals surface area (Å²) in [6, 6.07) is 3.65. The van der Waals surface area contributed by atoms with Crippen molar-refractivity contribution in [3.8, 4) is 0 Å². The van der Waals surface area contributed by atoms with Crippen LogP contribution in [0.1, 0.15) is 30.6 Å². The Labute approximate surface area is 100 Å². The zero-order valence-electron chi connectivity index (χ0n) is 10.4. The van der Waals surface area contributed by atoms with Crippen molar-refractivity contribution in [2.75, 3.05) is 19.0 Å². The number of nitrogens with one attached hydrogen (secondary N) is 1. The summed E-state index contributed by atoms with van der Waals surface area (Å²) in [5, 5.41) is 3.25. The second kappa shape index (κ2) is 4.65. The molecule has 0 aliphatic heterocycles. The Hall–Kier alpha value is -1.71. The number of carbonyl (C=O) groups is 1. The molecular weight excluding hydrogens is 218 g/mol. The van der Waals surface area contributed by atoms with Crippen LogP contribution in [0.25, 0.3) is 11.2 Å². The largest absolute Gasteiger partial charge is 0.465 e. The molecule has 4 nitrogen and oxygen atoms in total. The molecular formula is C13H17NO3. The number of anilines is 1. The Morgan fingerprint density at radius 1 is 1.41 bits per heavy atom. The lowest BCUT2D eigenvalue weighted by Crippen LogP contribution is -2.09. The highest BCUT2D eigenvalue weighted by Gasteiger charge is 2.23. The Balaban J connectivity index is 2.18. The SMILES string of the molecule is COC(=O)c1c(NCCC(C)C)c2ccc1o2. The fourth-order valence-electron chi connectivity index (χ4n) is 1.82. The lowest BCUT2D eigenvalue weighted by atomic mass is 10.1. The number of hydrogen-bond acceptors (Lipinski definition) is 4. The Kier molecular flexibility index (Phi) is 3.22. The molecule has 2 heterocycles. The van der Waals surface area contributed by atoms with Gasteiger partial charge in [0.2, 0.25) is 0 Å². The molecule has 2 bridgehead atoms. The maximum atomic E-state index is 11.6. The second-order valence-corrected chi connectivity index (χ2v) is 4.51. The first-order valence-corrected chi connectivity index (χ1v) is 5.80. The van der Waals surface area contributed by atoms with Crippen LogP contribution in [0.3, 0.4) is 0 Å². The smallest absolute Gasteiger partial charge is 0.343 e. The van der Waals surface area contributed by atoms with Gasteiger partial charge >= 0.3 is 5.97 Å². The highest BCUT2D eigenvalue weighted by Crippen LogP contribution is 2.33. The van der Waals surface area contributed by atoms with Gasteiger partial charge in [0.25, 0.3) is 0 Å². The van der Waals surface area contributed by atoms with E-state index in [2.05, 4.69) is 19.2 Å². The van der Waals surface area contributed by atoms with E-state index in [1.165, 1.54) is 7.11 Å². The monoisotopic (exact) mass is 235 g/mol. The third-order valence-corrected chi connectivity index (χ3v) is 2.76. The standard InChI is InChI=1S/C13H17NO3/c1-8(2)6-7-14-12-10-5-4-9(17-10)11(12)13(15)16-3/h4-5,8,14H,6-7H2,1-3H3. The van der Waals surface area contributed by atoms with E-state index in [9.17, 15) is 4.79 Å². The highest BCUT2D eigenvalue weighted by atomic mass is 16.5. The molecule has 0 saturated heterocycles. The molecule has 2 rings (SSSR count). The minimum atomic E-state index is -0.355. The Morgan fingerprint density at radius 2 is 2.12 bits per heavy atom. The summed E-state index contributed by atoms with van der Waals surface area (Å²) in [6.07, 6.45) is 1.05. The summed E-state index contributed by atoms with van der Waals surface area (Å²) < 4.78 is 10.2. The third kappa shape index (κ3) is 2.20. The normalized spacial score (nSPS) is 11.3. The van der Waals surface area contributed by atoms with E-state index in [-0.39, 0.29) is 5.97 Å². The third-order valence-electron chi connectivity index (χ3n) is 2.76. The number of furan rings is 2. The summed E-state index contributed by atoms with van der Waals surface area (Å²) in [6.45, 7) is 5.15. The second-order valence-electron chi connectivity index (χ2n) is 4.51. The average Bonchev–Trinajstić information content (AvgIpc) is 2.88. The van der Waals surface area contributed by atoms with Crippen molar-refractivity contribution in [3.63, 3.8) is 0 Å². The van der Waals surface area contributed by atoms with Crippen LogP contribution in [0, 0.1) is 5.92 Å². The molecule has 0 aliphatic rings. The first-order valence-electron chi connectivity index (χ1n) is 5.80. The zero-order valence-corrected chi connectivity index (χ0v) is 10.4. The van der Waals surface area contributed by atoms with E-state index in [4.69, 9.17) is 9.15 Å². The molecule has 4 heteroatoms. The zero-order chi connectivity index (χ0) is 12.4. The van der Waals surface area contributed by atoms with Gasteiger partial charge in [-0.1, -0.05) is 13.8 Å². The van der Waals surface area contributed by atoms with Crippen molar-refractivity contribution in [2.24, 2.45) is 5.92 Å². The van der Waals surface area contributed by atoms with E-state index in [0.717, 1.165) is 18.7 Å². The van der Waals surface area contributed by atoms with E-state index in [1.807, 2.05) is 6.07 Å². The molecule has 0 amide bonds. The molecule has 0 fully saturated rings. The molecule has 0 aliphatic carbocycles. The summed E-state index contributed by atoms with van der Waals surface area (Å²) >= 11 is 0. The molecule has 2 aromatic rings. The molecule has 2 aromatic heterocycles. The number of rotatable bonds is 5. The quantitative estimate of drug-likeness (QED) is 0.809. The number of ether oxygens (including phenoxy) is 1. The van der Waals surface area contributed by atoms with Crippen molar-refractivity contribution >= 4 is 22.8 Å². The van der Waals surface area contributed by atoms with Crippen LogP contribution in [0.4, 0.5) is 5.69 Å². The highest BCUT2D eigenvalue weighted by molar-refractivity contribution is 6.07.